The van der Waals surface area contributed by atoms with Gasteiger partial charge in [-0.2, -0.15) is 0 Å². The number of fused-ring (bicyclic) bond motifs is 4. The van der Waals surface area contributed by atoms with E-state index in [4.69, 9.17) is 4.99 Å². The van der Waals surface area contributed by atoms with Crippen LogP contribution in [0.2, 0.25) is 0 Å². The molecule has 0 amide bonds. The van der Waals surface area contributed by atoms with E-state index in [1.165, 1.54) is 38.2 Å². The highest BCUT2D eigenvalue weighted by atomic mass is 32.2. The topological polar surface area (TPSA) is 15.6 Å². The third-order valence-corrected chi connectivity index (χ3v) is 5.64. The molecule has 0 saturated carbocycles. The molecule has 0 saturated heterocycles. The number of amidine groups is 1. The van der Waals surface area contributed by atoms with E-state index in [2.05, 4.69) is 65.0 Å². The largest absolute Gasteiger partial charge is 0.296 e. The number of hydrogen-bond acceptors (Lipinski definition) is 3. The Bertz CT molecular complexity index is 945. The zero-order chi connectivity index (χ0) is 15.2. The summed E-state index contributed by atoms with van der Waals surface area (Å²) in [6.07, 6.45) is 1.15. The lowest BCUT2D eigenvalue weighted by molar-refractivity contribution is 0.603. The van der Waals surface area contributed by atoms with Crippen LogP contribution in [0.5, 0.6) is 0 Å². The second-order valence-electron chi connectivity index (χ2n) is 6.03. The van der Waals surface area contributed by atoms with Gasteiger partial charge in [0.1, 0.15) is 5.84 Å². The summed E-state index contributed by atoms with van der Waals surface area (Å²) in [6.45, 7) is 2.06. The van der Waals surface area contributed by atoms with Crippen molar-refractivity contribution in [1.82, 2.24) is 4.31 Å². The van der Waals surface area contributed by atoms with Crippen molar-refractivity contribution in [2.45, 2.75) is 11.3 Å². The lowest BCUT2D eigenvalue weighted by Gasteiger charge is -2.20. The minimum Gasteiger partial charge on any atom is -0.296 e. The van der Waals surface area contributed by atoms with E-state index in [0.717, 1.165) is 19.5 Å². The van der Waals surface area contributed by atoms with Gasteiger partial charge in [0, 0.05) is 23.5 Å². The summed E-state index contributed by atoms with van der Waals surface area (Å²) in [5.74, 6) is 1.17. The Balaban J connectivity index is 1.59. The van der Waals surface area contributed by atoms with Crippen molar-refractivity contribution in [2.24, 2.45) is 4.99 Å². The number of aliphatic imine (C=N–C) groups is 1. The summed E-state index contributed by atoms with van der Waals surface area (Å²) >= 11 is 1.84. The minimum atomic E-state index is 0.957. The molecule has 3 aromatic carbocycles. The zero-order valence-electron chi connectivity index (χ0n) is 12.7. The standard InChI is InChI=1S/C20H16N2S/c1-2-5-15-12-16(7-6-14(15)4-1)17-8-9-18-19(13-17)23-22-11-3-10-21-20(18)22/h1-2,4-9,12-13H,3,10-11H2. The third kappa shape index (κ3) is 2.15. The quantitative estimate of drug-likeness (QED) is 0.588. The molecule has 0 radical (unpaired) electrons. The van der Waals surface area contributed by atoms with Gasteiger partial charge in [-0.15, -0.1) is 0 Å². The van der Waals surface area contributed by atoms with E-state index >= 15 is 0 Å². The van der Waals surface area contributed by atoms with Crippen LogP contribution in [0.3, 0.4) is 0 Å². The van der Waals surface area contributed by atoms with Crippen molar-refractivity contribution >= 4 is 28.6 Å². The number of nitrogens with zero attached hydrogens (tertiary/aromatic N) is 2. The van der Waals surface area contributed by atoms with Crippen LogP contribution in [0.25, 0.3) is 21.9 Å². The molecular weight excluding hydrogens is 300 g/mol. The minimum absolute atomic E-state index is 0.957. The second-order valence-corrected chi connectivity index (χ2v) is 7.09. The molecule has 0 atom stereocenters. The first-order valence-electron chi connectivity index (χ1n) is 8.02. The molecule has 0 bridgehead atoms. The Hall–Kier alpha value is -2.26. The van der Waals surface area contributed by atoms with Crippen molar-refractivity contribution in [3.63, 3.8) is 0 Å². The monoisotopic (exact) mass is 316 g/mol. The molecule has 2 heterocycles. The Morgan fingerprint density at radius 1 is 0.870 bits per heavy atom. The van der Waals surface area contributed by atoms with E-state index in [1.807, 2.05) is 11.9 Å². The fourth-order valence-corrected chi connectivity index (χ4v) is 4.48. The summed E-state index contributed by atoms with van der Waals surface area (Å²) in [6, 6.07) is 22.0. The molecule has 0 aliphatic carbocycles. The molecule has 0 N–H and O–H groups in total. The van der Waals surface area contributed by atoms with Gasteiger partial charge in [-0.3, -0.25) is 9.30 Å². The first-order valence-corrected chi connectivity index (χ1v) is 8.79. The van der Waals surface area contributed by atoms with Crippen LogP contribution in [-0.4, -0.2) is 23.2 Å². The highest BCUT2D eigenvalue weighted by molar-refractivity contribution is 7.98. The summed E-state index contributed by atoms with van der Waals surface area (Å²) in [5.41, 5.74) is 3.85. The SMILES string of the molecule is c1ccc2cc(-c3ccc4c(c3)SN3CCCN=C43)ccc2c1. The van der Waals surface area contributed by atoms with Crippen LogP contribution in [0.1, 0.15) is 12.0 Å². The molecule has 2 aliphatic rings. The molecule has 3 heteroatoms. The van der Waals surface area contributed by atoms with Crippen LogP contribution < -0.4 is 0 Å². The Morgan fingerprint density at radius 2 is 1.70 bits per heavy atom. The molecule has 112 valence electrons. The Kier molecular flexibility index (Phi) is 2.95. The van der Waals surface area contributed by atoms with Crippen LogP contribution in [0.15, 0.2) is 70.6 Å². The van der Waals surface area contributed by atoms with Gasteiger partial charge in [0.2, 0.25) is 0 Å². The van der Waals surface area contributed by atoms with E-state index in [9.17, 15) is 0 Å². The zero-order valence-corrected chi connectivity index (χ0v) is 13.5. The average molecular weight is 316 g/mol. The molecule has 2 aliphatic heterocycles. The lowest BCUT2D eigenvalue weighted by atomic mass is 10.00. The predicted octanol–water partition coefficient (Wildman–Crippen LogP) is 4.98. The normalized spacial score (nSPS) is 16.2. The van der Waals surface area contributed by atoms with E-state index in [1.54, 1.807) is 0 Å². The van der Waals surface area contributed by atoms with Gasteiger partial charge in [-0.05, 0) is 58.5 Å². The number of hydrogen-bond donors (Lipinski definition) is 0. The molecule has 0 aromatic heterocycles. The Morgan fingerprint density at radius 3 is 2.65 bits per heavy atom. The van der Waals surface area contributed by atoms with Crippen molar-refractivity contribution < 1.29 is 0 Å². The van der Waals surface area contributed by atoms with Crippen molar-refractivity contribution in [3.05, 3.63) is 66.2 Å². The second kappa shape index (κ2) is 5.14. The van der Waals surface area contributed by atoms with Gasteiger partial charge in [0.15, 0.2) is 0 Å². The lowest BCUT2D eigenvalue weighted by Crippen LogP contribution is -2.26. The molecule has 2 nitrogen and oxygen atoms in total. The molecule has 0 spiro atoms. The average Bonchev–Trinajstić information content (AvgIpc) is 2.99. The number of rotatable bonds is 1. The molecule has 23 heavy (non-hydrogen) atoms. The summed E-state index contributed by atoms with van der Waals surface area (Å²) in [4.78, 5) is 6.03. The van der Waals surface area contributed by atoms with Gasteiger partial charge in [0.25, 0.3) is 0 Å². The van der Waals surface area contributed by atoms with Gasteiger partial charge < -0.3 is 0 Å². The summed E-state index contributed by atoms with van der Waals surface area (Å²) < 4.78 is 2.33. The molecule has 0 unspecified atom stereocenters. The van der Waals surface area contributed by atoms with Crippen LogP contribution in [0.4, 0.5) is 0 Å². The molecular formula is C20H16N2S. The summed E-state index contributed by atoms with van der Waals surface area (Å²) in [7, 11) is 0. The molecule has 0 fully saturated rings. The first-order chi connectivity index (χ1) is 11.4. The third-order valence-electron chi connectivity index (χ3n) is 4.53. The maximum atomic E-state index is 4.70. The molecule has 5 rings (SSSR count). The van der Waals surface area contributed by atoms with Crippen molar-refractivity contribution in [2.75, 3.05) is 13.1 Å². The molecule has 3 aromatic rings. The van der Waals surface area contributed by atoms with Crippen LogP contribution >= 0.6 is 11.9 Å². The van der Waals surface area contributed by atoms with Crippen LogP contribution in [0, 0.1) is 0 Å². The van der Waals surface area contributed by atoms with Gasteiger partial charge in [-0.25, -0.2) is 0 Å². The summed E-state index contributed by atoms with van der Waals surface area (Å²) in [5, 5.41) is 2.58. The highest BCUT2D eigenvalue weighted by Crippen LogP contribution is 2.40. The maximum Gasteiger partial charge on any atom is 0.142 e. The van der Waals surface area contributed by atoms with E-state index in [-0.39, 0.29) is 0 Å². The van der Waals surface area contributed by atoms with Gasteiger partial charge >= 0.3 is 0 Å². The predicted molar refractivity (Wildman–Crippen MR) is 98.0 cm³/mol. The van der Waals surface area contributed by atoms with E-state index in [0.29, 0.717) is 0 Å². The number of benzene rings is 3. The van der Waals surface area contributed by atoms with Crippen LogP contribution in [-0.2, 0) is 0 Å². The van der Waals surface area contributed by atoms with E-state index < -0.39 is 0 Å². The first kappa shape index (κ1) is 13.2. The maximum absolute atomic E-state index is 4.70. The van der Waals surface area contributed by atoms with Crippen molar-refractivity contribution in [1.29, 1.82) is 0 Å². The Labute approximate surface area is 140 Å². The van der Waals surface area contributed by atoms with Gasteiger partial charge in [0.05, 0.1) is 0 Å². The highest BCUT2D eigenvalue weighted by Gasteiger charge is 2.28. The fraction of sp³-hybridized carbons (Fsp3) is 0.150. The smallest absolute Gasteiger partial charge is 0.142 e. The van der Waals surface area contributed by atoms with Crippen molar-refractivity contribution in [3.8, 4) is 11.1 Å². The van der Waals surface area contributed by atoms with Gasteiger partial charge in [-0.1, -0.05) is 42.5 Å². The fourth-order valence-electron chi connectivity index (χ4n) is 3.34.